The van der Waals surface area contributed by atoms with Gasteiger partial charge in [-0.2, -0.15) is 0 Å². The minimum Gasteiger partial charge on any atom is -0.380 e. The molecule has 0 aromatic heterocycles. The van der Waals surface area contributed by atoms with Gasteiger partial charge in [-0.05, 0) is 25.3 Å². The molecule has 1 N–H and O–H groups in total. The van der Waals surface area contributed by atoms with E-state index < -0.39 is 0 Å². The van der Waals surface area contributed by atoms with E-state index in [0.29, 0.717) is 19.7 Å². The Labute approximate surface area is 156 Å². The molecule has 0 spiro atoms. The lowest BCUT2D eigenvalue weighted by Crippen LogP contribution is -2.45. The molecule has 2 rings (SSSR count). The molecule has 1 aromatic carbocycles. The van der Waals surface area contributed by atoms with Gasteiger partial charge in [-0.25, -0.2) is 4.79 Å². The number of hydrogen-bond acceptors (Lipinski definition) is 3. The van der Waals surface area contributed by atoms with Crippen LogP contribution < -0.4 is 5.32 Å². The number of ether oxygens (including phenoxy) is 1. The minimum absolute atomic E-state index is 0.0293. The minimum atomic E-state index is -0.112. The van der Waals surface area contributed by atoms with Crippen LogP contribution in [0.2, 0.25) is 0 Å². The van der Waals surface area contributed by atoms with Crippen molar-refractivity contribution in [2.24, 2.45) is 5.92 Å². The Bertz CT molecular complexity index is 598. The summed E-state index contributed by atoms with van der Waals surface area (Å²) in [6, 6.07) is 7.53. The molecule has 1 fully saturated rings. The summed E-state index contributed by atoms with van der Waals surface area (Å²) in [5, 5.41) is 2.97. The zero-order valence-electron chi connectivity index (χ0n) is 16.2. The standard InChI is InChI=1S/C20H31N3O3/c1-4-5-12-22(2)19(24)16-10-13-23(14-11-16)20(25)21-18-9-7-6-8-17(18)15-26-3/h6-9,16H,4-5,10-15H2,1-3H3,(H,21,25). The van der Waals surface area contributed by atoms with Gasteiger partial charge in [0, 0.05) is 51.0 Å². The number of unbranched alkanes of at least 4 members (excludes halogenated alkanes) is 1. The Morgan fingerprint density at radius 2 is 1.96 bits per heavy atom. The van der Waals surface area contributed by atoms with E-state index >= 15 is 0 Å². The second kappa shape index (κ2) is 10.2. The second-order valence-electron chi connectivity index (χ2n) is 6.89. The highest BCUT2D eigenvalue weighted by atomic mass is 16.5. The molecule has 0 radical (unpaired) electrons. The molecule has 1 aliphatic rings. The van der Waals surface area contributed by atoms with Gasteiger partial charge in [0.15, 0.2) is 0 Å². The first-order chi connectivity index (χ1) is 12.6. The maximum atomic E-state index is 12.6. The summed E-state index contributed by atoms with van der Waals surface area (Å²) in [6.07, 6.45) is 3.57. The monoisotopic (exact) mass is 361 g/mol. The van der Waals surface area contributed by atoms with Crippen molar-refractivity contribution in [3.63, 3.8) is 0 Å². The van der Waals surface area contributed by atoms with E-state index in [2.05, 4.69) is 12.2 Å². The van der Waals surface area contributed by atoms with Crippen LogP contribution in [-0.2, 0) is 16.1 Å². The van der Waals surface area contributed by atoms with E-state index in [1.54, 1.807) is 12.0 Å². The fourth-order valence-corrected chi connectivity index (χ4v) is 3.26. The van der Waals surface area contributed by atoms with E-state index in [0.717, 1.165) is 43.5 Å². The van der Waals surface area contributed by atoms with Gasteiger partial charge in [0.2, 0.25) is 5.91 Å². The molecule has 3 amide bonds. The fraction of sp³-hybridized carbons (Fsp3) is 0.600. The van der Waals surface area contributed by atoms with E-state index in [1.807, 2.05) is 36.2 Å². The number of nitrogens with one attached hydrogen (secondary N) is 1. The van der Waals surface area contributed by atoms with Crippen LogP contribution in [0.1, 0.15) is 38.2 Å². The molecule has 0 unspecified atom stereocenters. The number of benzene rings is 1. The first-order valence-corrected chi connectivity index (χ1v) is 9.44. The van der Waals surface area contributed by atoms with Gasteiger partial charge >= 0.3 is 6.03 Å². The zero-order valence-corrected chi connectivity index (χ0v) is 16.2. The SMILES string of the molecule is CCCCN(C)C(=O)C1CCN(C(=O)Nc2ccccc2COC)CC1. The van der Waals surface area contributed by atoms with Crippen LogP contribution in [0.25, 0.3) is 0 Å². The predicted octanol–water partition coefficient (Wildman–Crippen LogP) is 3.34. The second-order valence-corrected chi connectivity index (χ2v) is 6.89. The number of carbonyl (C=O) groups excluding carboxylic acids is 2. The summed E-state index contributed by atoms with van der Waals surface area (Å²) in [6.45, 7) is 4.61. The van der Waals surface area contributed by atoms with E-state index in [4.69, 9.17) is 4.74 Å². The average Bonchev–Trinajstić information content (AvgIpc) is 2.67. The molecule has 1 saturated heterocycles. The van der Waals surface area contributed by atoms with Gasteiger partial charge in [0.25, 0.3) is 0 Å². The summed E-state index contributed by atoms with van der Waals surface area (Å²) in [5.74, 6) is 0.241. The quantitative estimate of drug-likeness (QED) is 0.810. The molecule has 6 nitrogen and oxygen atoms in total. The van der Waals surface area contributed by atoms with Crippen molar-refractivity contribution < 1.29 is 14.3 Å². The van der Waals surface area contributed by atoms with Crippen LogP contribution in [0.5, 0.6) is 0 Å². The first-order valence-electron chi connectivity index (χ1n) is 9.44. The summed E-state index contributed by atoms with van der Waals surface area (Å²) < 4.78 is 5.18. The molecule has 144 valence electrons. The van der Waals surface area contributed by atoms with Crippen LogP contribution >= 0.6 is 0 Å². The molecule has 0 saturated carbocycles. The van der Waals surface area contributed by atoms with Crippen LogP contribution in [-0.4, -0.2) is 55.5 Å². The van der Waals surface area contributed by atoms with Crippen molar-refractivity contribution in [3.8, 4) is 0 Å². The number of likely N-dealkylation sites (tertiary alicyclic amines) is 1. The van der Waals surface area contributed by atoms with Crippen LogP contribution in [0.15, 0.2) is 24.3 Å². The lowest BCUT2D eigenvalue weighted by Gasteiger charge is -2.33. The van der Waals surface area contributed by atoms with E-state index in [9.17, 15) is 9.59 Å². The molecule has 6 heteroatoms. The lowest BCUT2D eigenvalue weighted by atomic mass is 9.95. The number of carbonyl (C=O) groups is 2. The fourth-order valence-electron chi connectivity index (χ4n) is 3.26. The van der Waals surface area contributed by atoms with Gasteiger partial charge in [-0.3, -0.25) is 4.79 Å². The van der Waals surface area contributed by atoms with Crippen molar-refractivity contribution in [2.45, 2.75) is 39.2 Å². The number of nitrogens with zero attached hydrogens (tertiary/aromatic N) is 2. The normalized spacial score (nSPS) is 15.0. The van der Waals surface area contributed by atoms with Crippen LogP contribution in [0.3, 0.4) is 0 Å². The zero-order chi connectivity index (χ0) is 18.9. The van der Waals surface area contributed by atoms with Gasteiger partial charge < -0.3 is 19.9 Å². The third-order valence-electron chi connectivity index (χ3n) is 4.91. The maximum Gasteiger partial charge on any atom is 0.321 e. The van der Waals surface area contributed by atoms with Gasteiger partial charge in [0.05, 0.1) is 6.61 Å². The third-order valence-corrected chi connectivity index (χ3v) is 4.91. The molecular formula is C20H31N3O3. The molecule has 1 aromatic rings. The Morgan fingerprint density at radius 3 is 2.62 bits per heavy atom. The predicted molar refractivity (Wildman–Crippen MR) is 103 cm³/mol. The Hall–Kier alpha value is -2.08. The summed E-state index contributed by atoms with van der Waals surface area (Å²) in [7, 11) is 3.52. The largest absolute Gasteiger partial charge is 0.380 e. The van der Waals surface area contributed by atoms with Gasteiger partial charge in [0.1, 0.15) is 0 Å². The number of amides is 3. The van der Waals surface area contributed by atoms with Crippen molar-refractivity contribution in [3.05, 3.63) is 29.8 Å². The molecule has 26 heavy (non-hydrogen) atoms. The average molecular weight is 361 g/mol. The molecule has 1 aliphatic heterocycles. The number of rotatable bonds is 7. The van der Waals surface area contributed by atoms with E-state index in [-0.39, 0.29) is 17.9 Å². The van der Waals surface area contributed by atoms with Crippen molar-refractivity contribution in [1.82, 2.24) is 9.80 Å². The summed E-state index contributed by atoms with van der Waals surface area (Å²) >= 11 is 0. The first kappa shape index (κ1) is 20.2. The number of anilines is 1. The number of methoxy groups -OCH3 is 1. The van der Waals surface area contributed by atoms with Gasteiger partial charge in [-0.1, -0.05) is 31.5 Å². The number of hydrogen-bond donors (Lipinski definition) is 1. The molecule has 0 aliphatic carbocycles. The smallest absolute Gasteiger partial charge is 0.321 e. The van der Waals surface area contributed by atoms with Crippen LogP contribution in [0.4, 0.5) is 10.5 Å². The number of para-hydroxylation sites is 1. The van der Waals surface area contributed by atoms with Crippen molar-refractivity contribution in [2.75, 3.05) is 39.1 Å². The summed E-state index contributed by atoms with van der Waals surface area (Å²) in [5.41, 5.74) is 1.72. The van der Waals surface area contributed by atoms with Gasteiger partial charge in [-0.15, -0.1) is 0 Å². The van der Waals surface area contributed by atoms with E-state index in [1.165, 1.54) is 0 Å². The highest BCUT2D eigenvalue weighted by molar-refractivity contribution is 5.90. The molecule has 1 heterocycles. The maximum absolute atomic E-state index is 12.6. The Morgan fingerprint density at radius 1 is 1.27 bits per heavy atom. The molecule has 0 atom stereocenters. The topological polar surface area (TPSA) is 61.9 Å². The van der Waals surface area contributed by atoms with Crippen LogP contribution in [0, 0.1) is 5.92 Å². The molecule has 0 bridgehead atoms. The number of urea groups is 1. The summed E-state index contributed by atoms with van der Waals surface area (Å²) in [4.78, 5) is 28.7. The number of piperidine rings is 1. The Balaban J connectivity index is 1.86. The third kappa shape index (κ3) is 5.46. The van der Waals surface area contributed by atoms with Crippen molar-refractivity contribution >= 4 is 17.6 Å². The Kier molecular flexibility index (Phi) is 7.91. The van der Waals surface area contributed by atoms with Crippen molar-refractivity contribution in [1.29, 1.82) is 0 Å². The highest BCUT2D eigenvalue weighted by Crippen LogP contribution is 2.22. The molecular weight excluding hydrogens is 330 g/mol. The lowest BCUT2D eigenvalue weighted by molar-refractivity contribution is -0.135. The highest BCUT2D eigenvalue weighted by Gasteiger charge is 2.29.